The highest BCUT2D eigenvalue weighted by Crippen LogP contribution is 2.11. The van der Waals surface area contributed by atoms with Gasteiger partial charge in [0.2, 0.25) is 5.91 Å². The first-order valence-electron chi connectivity index (χ1n) is 6.70. The number of ether oxygens (including phenoxy) is 1. The number of aryl methyl sites for hydroxylation is 2. The van der Waals surface area contributed by atoms with Crippen molar-refractivity contribution in [1.82, 2.24) is 14.7 Å². The maximum Gasteiger partial charge on any atom is 0.224 e. The van der Waals surface area contributed by atoms with Crippen LogP contribution in [0.5, 0.6) is 0 Å². The number of rotatable bonds is 4. The molecule has 1 atom stereocenters. The van der Waals surface area contributed by atoms with Crippen LogP contribution in [0, 0.1) is 13.8 Å². The number of hydrogen-bond donors (Lipinski definition) is 1. The quantitative estimate of drug-likeness (QED) is 0.837. The molecule has 0 spiro atoms. The summed E-state index contributed by atoms with van der Waals surface area (Å²) in [7, 11) is 0. The van der Waals surface area contributed by atoms with E-state index in [4.69, 9.17) is 10.5 Å². The van der Waals surface area contributed by atoms with Crippen molar-refractivity contribution >= 4 is 5.91 Å². The van der Waals surface area contributed by atoms with Crippen LogP contribution in [0.25, 0.3) is 0 Å². The zero-order valence-electron chi connectivity index (χ0n) is 11.6. The molecule has 0 saturated carbocycles. The zero-order chi connectivity index (χ0) is 13.8. The Hall–Kier alpha value is -1.40. The molecule has 2 heterocycles. The Morgan fingerprint density at radius 1 is 1.58 bits per heavy atom. The molecule has 0 aromatic carbocycles. The molecule has 1 amide bonds. The maximum absolute atomic E-state index is 11.8. The Morgan fingerprint density at radius 3 is 3.00 bits per heavy atom. The van der Waals surface area contributed by atoms with Gasteiger partial charge in [0.1, 0.15) is 0 Å². The summed E-state index contributed by atoms with van der Waals surface area (Å²) in [5, 5.41) is 4.42. The van der Waals surface area contributed by atoms with E-state index < -0.39 is 0 Å². The average molecular weight is 266 g/mol. The average Bonchev–Trinajstić information content (AvgIpc) is 2.68. The van der Waals surface area contributed by atoms with Crippen LogP contribution in [0.4, 0.5) is 0 Å². The number of morpholine rings is 1. The molecule has 1 unspecified atom stereocenters. The largest absolute Gasteiger partial charge is 0.373 e. The standard InChI is InChI=1S/C13H22N4O2/c1-10-7-11(2)17(15-10)9-12-8-16(5-6-19-12)13(18)3-4-14/h7,12H,3-6,8-9,14H2,1-2H3. The summed E-state index contributed by atoms with van der Waals surface area (Å²) in [6, 6.07) is 2.04. The molecule has 2 rings (SSSR count). The number of carbonyl (C=O) groups excluding carboxylic acids is 1. The third-order valence-electron chi connectivity index (χ3n) is 3.33. The molecule has 0 bridgehead atoms. The van der Waals surface area contributed by atoms with E-state index in [0.717, 1.165) is 11.4 Å². The van der Waals surface area contributed by atoms with Crippen LogP contribution in [0.2, 0.25) is 0 Å². The topological polar surface area (TPSA) is 73.4 Å². The normalized spacial score (nSPS) is 19.7. The van der Waals surface area contributed by atoms with Crippen LogP contribution in [0.15, 0.2) is 6.07 Å². The molecule has 19 heavy (non-hydrogen) atoms. The lowest BCUT2D eigenvalue weighted by Crippen LogP contribution is -2.47. The number of carbonyl (C=O) groups is 1. The minimum atomic E-state index is 0.00785. The molecule has 2 N–H and O–H groups in total. The van der Waals surface area contributed by atoms with Gasteiger partial charge in [0.05, 0.1) is 24.9 Å². The Kier molecular flexibility index (Phi) is 4.55. The van der Waals surface area contributed by atoms with E-state index >= 15 is 0 Å². The van der Waals surface area contributed by atoms with Gasteiger partial charge in [0.15, 0.2) is 0 Å². The second kappa shape index (κ2) is 6.16. The Bertz CT molecular complexity index is 444. The Labute approximate surface area is 113 Å². The van der Waals surface area contributed by atoms with Crippen LogP contribution in [0.3, 0.4) is 0 Å². The summed E-state index contributed by atoms with van der Waals surface area (Å²) in [6.07, 6.45) is 0.417. The van der Waals surface area contributed by atoms with E-state index in [1.54, 1.807) is 0 Å². The fourth-order valence-electron chi connectivity index (χ4n) is 2.39. The fraction of sp³-hybridized carbons (Fsp3) is 0.692. The van der Waals surface area contributed by atoms with Gasteiger partial charge in [-0.25, -0.2) is 0 Å². The number of nitrogens with two attached hydrogens (primary N) is 1. The van der Waals surface area contributed by atoms with Crippen molar-refractivity contribution in [2.75, 3.05) is 26.2 Å². The Balaban J connectivity index is 1.94. The number of hydrogen-bond acceptors (Lipinski definition) is 4. The van der Waals surface area contributed by atoms with E-state index in [9.17, 15) is 4.79 Å². The van der Waals surface area contributed by atoms with Crippen LogP contribution < -0.4 is 5.73 Å². The van der Waals surface area contributed by atoms with E-state index in [2.05, 4.69) is 5.10 Å². The molecule has 1 saturated heterocycles. The summed E-state index contributed by atoms with van der Waals surface area (Å²) >= 11 is 0. The van der Waals surface area contributed by atoms with Gasteiger partial charge in [-0.15, -0.1) is 0 Å². The highest BCUT2D eigenvalue weighted by molar-refractivity contribution is 5.76. The fourth-order valence-corrected chi connectivity index (χ4v) is 2.39. The van der Waals surface area contributed by atoms with Crippen molar-refractivity contribution in [2.45, 2.75) is 32.9 Å². The van der Waals surface area contributed by atoms with Gasteiger partial charge in [-0.1, -0.05) is 0 Å². The lowest BCUT2D eigenvalue weighted by atomic mass is 10.2. The van der Waals surface area contributed by atoms with Crippen LogP contribution in [-0.4, -0.2) is 52.9 Å². The molecule has 0 radical (unpaired) electrons. The van der Waals surface area contributed by atoms with Crippen LogP contribution in [-0.2, 0) is 16.1 Å². The SMILES string of the molecule is Cc1cc(C)n(CC2CN(C(=O)CCN)CCO2)n1. The van der Waals surface area contributed by atoms with E-state index in [0.29, 0.717) is 39.2 Å². The smallest absolute Gasteiger partial charge is 0.224 e. The lowest BCUT2D eigenvalue weighted by Gasteiger charge is -2.33. The molecule has 1 fully saturated rings. The molecule has 0 aliphatic carbocycles. The lowest BCUT2D eigenvalue weighted by molar-refractivity contribution is -0.139. The zero-order valence-corrected chi connectivity index (χ0v) is 11.6. The van der Waals surface area contributed by atoms with Crippen molar-refractivity contribution in [3.05, 3.63) is 17.5 Å². The van der Waals surface area contributed by atoms with Gasteiger partial charge < -0.3 is 15.4 Å². The first-order valence-corrected chi connectivity index (χ1v) is 6.70. The van der Waals surface area contributed by atoms with Crippen molar-refractivity contribution in [2.24, 2.45) is 5.73 Å². The maximum atomic E-state index is 11.8. The Morgan fingerprint density at radius 2 is 2.37 bits per heavy atom. The molecule has 6 nitrogen and oxygen atoms in total. The van der Waals surface area contributed by atoms with Crippen molar-refractivity contribution < 1.29 is 9.53 Å². The predicted molar refractivity (Wildman–Crippen MR) is 71.7 cm³/mol. The molecule has 1 aliphatic rings. The molecule has 1 aromatic heterocycles. The first-order chi connectivity index (χ1) is 9.10. The second-order valence-corrected chi connectivity index (χ2v) is 4.98. The van der Waals surface area contributed by atoms with Gasteiger partial charge in [-0.3, -0.25) is 9.48 Å². The molecule has 1 aromatic rings. The third kappa shape index (κ3) is 3.54. The summed E-state index contributed by atoms with van der Waals surface area (Å²) in [5.74, 6) is 0.115. The number of amides is 1. The molecule has 1 aliphatic heterocycles. The summed E-state index contributed by atoms with van der Waals surface area (Å²) < 4.78 is 7.66. The molecular weight excluding hydrogens is 244 g/mol. The summed E-state index contributed by atoms with van der Waals surface area (Å²) in [4.78, 5) is 13.7. The van der Waals surface area contributed by atoms with Gasteiger partial charge in [0, 0.05) is 31.7 Å². The van der Waals surface area contributed by atoms with E-state index in [-0.39, 0.29) is 12.0 Å². The molecule has 106 valence electrons. The second-order valence-electron chi connectivity index (χ2n) is 4.98. The highest BCUT2D eigenvalue weighted by atomic mass is 16.5. The first kappa shape index (κ1) is 14.0. The molecular formula is C13H22N4O2. The van der Waals surface area contributed by atoms with Crippen LogP contribution >= 0.6 is 0 Å². The number of aromatic nitrogens is 2. The van der Waals surface area contributed by atoms with Gasteiger partial charge in [-0.2, -0.15) is 5.10 Å². The van der Waals surface area contributed by atoms with Gasteiger partial charge in [-0.05, 0) is 19.9 Å². The van der Waals surface area contributed by atoms with Gasteiger partial charge >= 0.3 is 0 Å². The van der Waals surface area contributed by atoms with E-state index in [1.165, 1.54) is 0 Å². The minimum absolute atomic E-state index is 0.00785. The van der Waals surface area contributed by atoms with Crippen molar-refractivity contribution in [3.8, 4) is 0 Å². The van der Waals surface area contributed by atoms with Crippen molar-refractivity contribution in [1.29, 1.82) is 0 Å². The molecule has 6 heteroatoms. The monoisotopic (exact) mass is 266 g/mol. The highest BCUT2D eigenvalue weighted by Gasteiger charge is 2.24. The minimum Gasteiger partial charge on any atom is -0.373 e. The van der Waals surface area contributed by atoms with Crippen LogP contribution in [0.1, 0.15) is 17.8 Å². The van der Waals surface area contributed by atoms with Crippen molar-refractivity contribution in [3.63, 3.8) is 0 Å². The van der Waals surface area contributed by atoms with Gasteiger partial charge in [0.25, 0.3) is 0 Å². The summed E-state index contributed by atoms with van der Waals surface area (Å²) in [5.41, 5.74) is 7.55. The number of nitrogens with zero attached hydrogens (tertiary/aromatic N) is 3. The third-order valence-corrected chi connectivity index (χ3v) is 3.33. The predicted octanol–water partition coefficient (Wildman–Crippen LogP) is 0.0761. The summed E-state index contributed by atoms with van der Waals surface area (Å²) in [6.45, 7) is 6.96. The van der Waals surface area contributed by atoms with E-state index in [1.807, 2.05) is 29.5 Å².